The zero-order valence-electron chi connectivity index (χ0n) is 32.5. The molecule has 2 saturated heterocycles. The fourth-order valence-electron chi connectivity index (χ4n) is 6.53. The Balaban J connectivity index is 1.42. The summed E-state index contributed by atoms with van der Waals surface area (Å²) in [6, 6.07) is 31.9. The van der Waals surface area contributed by atoms with Crippen LogP contribution < -0.4 is 0 Å². The molecule has 15 nitrogen and oxygen atoms in total. The van der Waals surface area contributed by atoms with E-state index in [0.717, 1.165) is 6.92 Å². The van der Waals surface area contributed by atoms with Crippen molar-refractivity contribution in [3.05, 3.63) is 144 Å². The van der Waals surface area contributed by atoms with Gasteiger partial charge < -0.3 is 42.6 Å². The minimum Gasteiger partial charge on any atom is -0.463 e. The highest BCUT2D eigenvalue weighted by molar-refractivity contribution is 9.09. The first kappa shape index (κ1) is 43.6. The molecule has 2 fully saturated rings. The lowest BCUT2D eigenvalue weighted by Crippen LogP contribution is -2.65. The van der Waals surface area contributed by atoms with E-state index in [2.05, 4.69) is 15.9 Å². The first-order chi connectivity index (χ1) is 28.9. The van der Waals surface area contributed by atoms with Crippen molar-refractivity contribution in [3.8, 4) is 0 Å². The van der Waals surface area contributed by atoms with Crippen LogP contribution in [0.5, 0.6) is 0 Å². The smallest absolute Gasteiger partial charge is 0.338 e. The molecule has 4 aromatic rings. The van der Waals surface area contributed by atoms with Gasteiger partial charge in [-0.15, -0.1) is 0 Å². The number of halogens is 1. The van der Waals surface area contributed by atoms with Gasteiger partial charge >= 0.3 is 35.8 Å². The van der Waals surface area contributed by atoms with Gasteiger partial charge in [-0.3, -0.25) is 9.59 Å². The summed E-state index contributed by atoms with van der Waals surface area (Å²) in [6.07, 6.45) is -13.0. The van der Waals surface area contributed by atoms with Crippen LogP contribution in [0.2, 0.25) is 0 Å². The van der Waals surface area contributed by atoms with Crippen LogP contribution >= 0.6 is 15.9 Å². The lowest BCUT2D eigenvalue weighted by atomic mass is 9.97. The number of benzene rings is 4. The largest absolute Gasteiger partial charge is 0.463 e. The summed E-state index contributed by atoms with van der Waals surface area (Å²) < 4.78 is 54.1. The minimum absolute atomic E-state index is 0.109. The van der Waals surface area contributed by atoms with Gasteiger partial charge in [0, 0.05) is 13.8 Å². The Morgan fingerprint density at radius 3 is 1.27 bits per heavy atom. The zero-order chi connectivity index (χ0) is 42.8. The number of hydrogen-bond donors (Lipinski definition) is 0. The van der Waals surface area contributed by atoms with Gasteiger partial charge in [-0.25, -0.2) is 19.2 Å². The molecule has 314 valence electrons. The monoisotopic (exact) mass is 888 g/mol. The van der Waals surface area contributed by atoms with E-state index in [4.69, 9.17) is 42.6 Å². The van der Waals surface area contributed by atoms with E-state index in [1.807, 2.05) is 0 Å². The lowest BCUT2D eigenvalue weighted by Gasteiger charge is -2.48. The van der Waals surface area contributed by atoms with Gasteiger partial charge in [-0.1, -0.05) is 88.7 Å². The molecule has 6 rings (SSSR count). The van der Waals surface area contributed by atoms with Crippen molar-refractivity contribution in [3.63, 3.8) is 0 Å². The summed E-state index contributed by atoms with van der Waals surface area (Å²) in [4.78, 5) is 79.4. The number of carbonyl (C=O) groups is 6. The van der Waals surface area contributed by atoms with Crippen LogP contribution in [-0.2, 0) is 52.2 Å². The van der Waals surface area contributed by atoms with Gasteiger partial charge in [-0.2, -0.15) is 0 Å². The predicted molar refractivity (Wildman–Crippen MR) is 212 cm³/mol. The topological polar surface area (TPSA) is 185 Å². The van der Waals surface area contributed by atoms with Crippen LogP contribution in [0, 0.1) is 0 Å². The molecule has 0 aromatic heterocycles. The normalized spacial score (nSPS) is 26.1. The van der Waals surface area contributed by atoms with Gasteiger partial charge in [0.15, 0.2) is 36.8 Å². The van der Waals surface area contributed by atoms with E-state index in [1.54, 1.807) is 72.8 Å². The molecule has 16 heteroatoms. The Kier molecular flexibility index (Phi) is 14.8. The molecule has 2 heterocycles. The Morgan fingerprint density at radius 1 is 0.483 bits per heavy atom. The minimum atomic E-state index is -1.69. The molecule has 2 aliphatic rings. The second kappa shape index (κ2) is 20.4. The highest BCUT2D eigenvalue weighted by Gasteiger charge is 2.56. The molecule has 0 radical (unpaired) electrons. The summed E-state index contributed by atoms with van der Waals surface area (Å²) in [5.74, 6) is -4.82. The summed E-state index contributed by atoms with van der Waals surface area (Å²) in [7, 11) is 0. The first-order valence-corrected chi connectivity index (χ1v) is 19.8. The third kappa shape index (κ3) is 11.0. The molecule has 0 bridgehead atoms. The second-order valence-electron chi connectivity index (χ2n) is 13.7. The van der Waals surface area contributed by atoms with Gasteiger partial charge in [0.05, 0.1) is 28.4 Å². The quantitative estimate of drug-likeness (QED) is 0.0913. The van der Waals surface area contributed by atoms with Crippen molar-refractivity contribution in [1.82, 2.24) is 0 Å². The SMILES string of the molecule is CC(=O)OC[C@H]1O[C@H](Br)[C@H](O[C@@H]2O[C@@H](C)[C@H](OC(=O)c3ccccc3)[C@@H](OC(=O)c3ccccc3)[C@H]2OC(=O)c2ccccc2)[C@@H](OC(=O)c2ccccc2)[C@@H]1OC(C)=O. The fourth-order valence-corrected chi connectivity index (χ4v) is 7.24. The van der Waals surface area contributed by atoms with Crippen LogP contribution in [0.4, 0.5) is 0 Å². The number of hydrogen-bond acceptors (Lipinski definition) is 15. The number of rotatable bonds is 13. The third-order valence-corrected chi connectivity index (χ3v) is 10.1. The number of ether oxygens (including phenoxy) is 9. The molecule has 4 aromatic carbocycles. The van der Waals surface area contributed by atoms with Gasteiger partial charge in [0.1, 0.15) is 23.8 Å². The van der Waals surface area contributed by atoms with Gasteiger partial charge in [0.2, 0.25) is 0 Å². The van der Waals surface area contributed by atoms with Crippen LogP contribution in [0.3, 0.4) is 0 Å². The maximum Gasteiger partial charge on any atom is 0.338 e. The van der Waals surface area contributed by atoms with E-state index in [9.17, 15) is 28.8 Å². The van der Waals surface area contributed by atoms with Crippen molar-refractivity contribution < 1.29 is 71.4 Å². The molecule has 60 heavy (non-hydrogen) atoms. The Hall–Kier alpha value is -5.94. The number of alkyl halides is 1. The molecular weight excluding hydrogens is 848 g/mol. The van der Waals surface area contributed by atoms with Crippen molar-refractivity contribution >= 4 is 51.7 Å². The summed E-state index contributed by atoms with van der Waals surface area (Å²) in [5.41, 5.74) is 0.559. The van der Waals surface area contributed by atoms with E-state index < -0.39 is 103 Å². The second-order valence-corrected chi connectivity index (χ2v) is 14.6. The summed E-state index contributed by atoms with van der Waals surface area (Å²) in [6.45, 7) is 3.42. The van der Waals surface area contributed by atoms with Crippen LogP contribution in [0.25, 0.3) is 0 Å². The average Bonchev–Trinajstić information content (AvgIpc) is 3.25. The molecule has 0 spiro atoms. The standard InChI is InChI=1S/C44H41BrO15/c1-25-33(56-40(48)28-16-8-4-9-17-28)35(57-41(49)29-18-10-5-11-19-29)38(59-43(51)31-22-14-7-15-23-31)44(53-25)60-37-36(58-42(50)30-20-12-6-13-21-30)34(54-27(3)47)32(55-39(37)45)24-52-26(2)46/h4-23,25,32-39,44H,24H2,1-3H3/t25-,32+,33-,34+,35+,36-,37+,38+,39-,44-/m0/s1. The van der Waals surface area contributed by atoms with Crippen molar-refractivity contribution in [2.45, 2.75) is 80.9 Å². The highest BCUT2D eigenvalue weighted by atomic mass is 79.9. The molecule has 0 saturated carbocycles. The van der Waals surface area contributed by atoms with Crippen molar-refractivity contribution in [2.75, 3.05) is 6.61 Å². The van der Waals surface area contributed by atoms with Crippen molar-refractivity contribution in [2.24, 2.45) is 0 Å². The Morgan fingerprint density at radius 2 is 0.867 bits per heavy atom. The Labute approximate surface area is 353 Å². The zero-order valence-corrected chi connectivity index (χ0v) is 34.1. The Bertz CT molecular complexity index is 2100. The average molecular weight is 890 g/mol. The van der Waals surface area contributed by atoms with Gasteiger partial charge in [0.25, 0.3) is 0 Å². The van der Waals surface area contributed by atoms with E-state index in [0.29, 0.717) is 0 Å². The molecule has 2 aliphatic heterocycles. The molecule has 0 amide bonds. The summed E-state index contributed by atoms with van der Waals surface area (Å²) in [5, 5.41) is -1.21. The highest BCUT2D eigenvalue weighted by Crippen LogP contribution is 2.37. The summed E-state index contributed by atoms with van der Waals surface area (Å²) >= 11 is 3.45. The van der Waals surface area contributed by atoms with Crippen LogP contribution in [-0.4, -0.2) is 103 Å². The van der Waals surface area contributed by atoms with Gasteiger partial charge in [-0.05, 0) is 55.5 Å². The third-order valence-electron chi connectivity index (χ3n) is 9.36. The molecule has 0 unspecified atom stereocenters. The number of esters is 6. The number of carbonyl (C=O) groups excluding carboxylic acids is 6. The predicted octanol–water partition coefficient (Wildman–Crippen LogP) is 5.63. The molecular formula is C44H41BrO15. The maximum absolute atomic E-state index is 13.9. The van der Waals surface area contributed by atoms with Crippen molar-refractivity contribution in [1.29, 1.82) is 0 Å². The van der Waals surface area contributed by atoms with E-state index >= 15 is 0 Å². The van der Waals surface area contributed by atoms with E-state index in [-0.39, 0.29) is 22.3 Å². The molecule has 10 atom stereocenters. The molecule has 0 aliphatic carbocycles. The van der Waals surface area contributed by atoms with Crippen LogP contribution in [0.1, 0.15) is 62.2 Å². The van der Waals surface area contributed by atoms with Crippen LogP contribution in [0.15, 0.2) is 121 Å². The van der Waals surface area contributed by atoms with E-state index in [1.165, 1.54) is 62.4 Å². The molecule has 0 N–H and O–H groups in total. The lowest BCUT2D eigenvalue weighted by molar-refractivity contribution is -0.327. The fraction of sp³-hybridized carbons (Fsp3) is 0.318. The first-order valence-electron chi connectivity index (χ1n) is 18.8. The maximum atomic E-state index is 13.9.